The number of aromatic nitrogens is 1. The van der Waals surface area contributed by atoms with E-state index in [4.69, 9.17) is 16.6 Å². The van der Waals surface area contributed by atoms with Crippen molar-refractivity contribution in [2.45, 2.75) is 25.4 Å². The van der Waals surface area contributed by atoms with E-state index in [0.717, 1.165) is 41.8 Å². The molecule has 1 fully saturated rings. The number of pyridine rings is 1. The molecule has 2 aromatic rings. The van der Waals surface area contributed by atoms with Gasteiger partial charge in [-0.15, -0.1) is 0 Å². The van der Waals surface area contributed by atoms with Gasteiger partial charge in [0.05, 0.1) is 11.7 Å². The summed E-state index contributed by atoms with van der Waals surface area (Å²) >= 11 is 5.61. The SMILES string of the molecule is Cc1ccc([C@@H]2[C@H](c3ccccn3)NC(=S)N2CCCN(C)C)o1. The van der Waals surface area contributed by atoms with E-state index < -0.39 is 0 Å². The van der Waals surface area contributed by atoms with Crippen molar-refractivity contribution in [3.8, 4) is 0 Å². The van der Waals surface area contributed by atoms with Crippen molar-refractivity contribution in [3.63, 3.8) is 0 Å². The smallest absolute Gasteiger partial charge is 0.170 e. The lowest BCUT2D eigenvalue weighted by Gasteiger charge is -2.26. The number of rotatable bonds is 6. The fourth-order valence-electron chi connectivity index (χ4n) is 3.12. The Morgan fingerprint density at radius 1 is 1.29 bits per heavy atom. The third kappa shape index (κ3) is 3.60. The highest BCUT2D eigenvalue weighted by Crippen LogP contribution is 2.39. The molecular formula is C18H24N4OS. The van der Waals surface area contributed by atoms with Gasteiger partial charge in [-0.2, -0.15) is 0 Å². The molecule has 0 radical (unpaired) electrons. The van der Waals surface area contributed by atoms with Crippen LogP contribution in [0.4, 0.5) is 0 Å². The fraction of sp³-hybridized carbons (Fsp3) is 0.444. The van der Waals surface area contributed by atoms with Crippen LogP contribution >= 0.6 is 12.2 Å². The van der Waals surface area contributed by atoms with Crippen LogP contribution in [0.25, 0.3) is 0 Å². The van der Waals surface area contributed by atoms with Crippen LogP contribution in [0, 0.1) is 6.92 Å². The van der Waals surface area contributed by atoms with Crippen molar-refractivity contribution < 1.29 is 4.42 Å². The second kappa shape index (κ2) is 7.32. The second-order valence-corrected chi connectivity index (χ2v) is 6.81. The van der Waals surface area contributed by atoms with Crippen LogP contribution in [-0.4, -0.2) is 47.1 Å². The molecule has 0 spiro atoms. The average molecular weight is 344 g/mol. The summed E-state index contributed by atoms with van der Waals surface area (Å²) in [6.45, 7) is 3.88. The maximum atomic E-state index is 5.95. The van der Waals surface area contributed by atoms with Gasteiger partial charge in [0, 0.05) is 12.7 Å². The van der Waals surface area contributed by atoms with Gasteiger partial charge in [0.1, 0.15) is 17.6 Å². The molecule has 0 aliphatic carbocycles. The van der Waals surface area contributed by atoms with Crippen molar-refractivity contribution in [3.05, 3.63) is 53.7 Å². The van der Waals surface area contributed by atoms with Crippen LogP contribution in [0.3, 0.4) is 0 Å². The number of thiocarbonyl (C=S) groups is 1. The topological polar surface area (TPSA) is 44.5 Å². The lowest BCUT2D eigenvalue weighted by atomic mass is 10.0. The Morgan fingerprint density at radius 3 is 2.75 bits per heavy atom. The van der Waals surface area contributed by atoms with Gasteiger partial charge < -0.3 is 19.5 Å². The maximum absolute atomic E-state index is 5.95. The Morgan fingerprint density at radius 2 is 2.12 bits per heavy atom. The van der Waals surface area contributed by atoms with Crippen molar-refractivity contribution in [1.82, 2.24) is 20.1 Å². The molecule has 0 aromatic carbocycles. The molecule has 2 atom stereocenters. The predicted molar refractivity (Wildman–Crippen MR) is 98.8 cm³/mol. The molecule has 2 aromatic heterocycles. The van der Waals surface area contributed by atoms with Gasteiger partial charge in [-0.3, -0.25) is 4.98 Å². The summed E-state index contributed by atoms with van der Waals surface area (Å²) in [5, 5.41) is 4.20. The zero-order valence-corrected chi connectivity index (χ0v) is 15.2. The Labute approximate surface area is 148 Å². The van der Waals surface area contributed by atoms with Gasteiger partial charge in [-0.05, 0) is 70.5 Å². The Bertz CT molecular complexity index is 685. The van der Waals surface area contributed by atoms with E-state index in [1.165, 1.54) is 0 Å². The molecule has 1 N–H and O–H groups in total. The molecule has 0 bridgehead atoms. The molecule has 1 aliphatic rings. The quantitative estimate of drug-likeness (QED) is 0.813. The number of aryl methyl sites for hydroxylation is 1. The predicted octanol–water partition coefficient (Wildman–Crippen LogP) is 2.91. The highest BCUT2D eigenvalue weighted by atomic mass is 32.1. The van der Waals surface area contributed by atoms with Crippen molar-refractivity contribution in [2.24, 2.45) is 0 Å². The van der Waals surface area contributed by atoms with E-state index >= 15 is 0 Å². The summed E-state index contributed by atoms with van der Waals surface area (Å²) in [6, 6.07) is 10.1. The van der Waals surface area contributed by atoms with E-state index in [1.54, 1.807) is 0 Å². The molecule has 3 rings (SSSR count). The molecule has 0 saturated carbocycles. The number of nitrogens with zero attached hydrogens (tertiary/aromatic N) is 3. The lowest BCUT2D eigenvalue weighted by molar-refractivity contribution is 0.257. The minimum Gasteiger partial charge on any atom is -0.464 e. The maximum Gasteiger partial charge on any atom is 0.170 e. The monoisotopic (exact) mass is 344 g/mol. The zero-order valence-electron chi connectivity index (χ0n) is 14.4. The van der Waals surface area contributed by atoms with Gasteiger partial charge >= 0.3 is 0 Å². The normalized spacial score (nSPS) is 20.7. The summed E-state index contributed by atoms with van der Waals surface area (Å²) < 4.78 is 5.95. The van der Waals surface area contributed by atoms with E-state index in [-0.39, 0.29) is 12.1 Å². The highest BCUT2D eigenvalue weighted by molar-refractivity contribution is 7.80. The first-order chi connectivity index (χ1) is 11.6. The van der Waals surface area contributed by atoms with E-state index in [0.29, 0.717) is 0 Å². The standard InChI is InChI=1S/C18H24N4OS/c1-13-8-9-15(23-13)17-16(14-7-4-5-10-19-14)20-18(24)22(17)12-6-11-21(2)3/h4-5,7-10,16-17H,6,11-12H2,1-3H3,(H,20,24)/t16-,17+/m0/s1. The van der Waals surface area contributed by atoms with Gasteiger partial charge in [0.2, 0.25) is 0 Å². The molecule has 0 amide bonds. The third-order valence-electron chi connectivity index (χ3n) is 4.25. The zero-order chi connectivity index (χ0) is 17.1. The highest BCUT2D eigenvalue weighted by Gasteiger charge is 2.41. The molecule has 6 heteroatoms. The first kappa shape index (κ1) is 16.9. The molecule has 5 nitrogen and oxygen atoms in total. The summed E-state index contributed by atoms with van der Waals surface area (Å²) in [4.78, 5) is 8.94. The van der Waals surface area contributed by atoms with Crippen LogP contribution in [0.2, 0.25) is 0 Å². The fourth-order valence-corrected chi connectivity index (χ4v) is 3.46. The summed E-state index contributed by atoms with van der Waals surface area (Å²) in [5.41, 5.74) is 0.981. The first-order valence-corrected chi connectivity index (χ1v) is 8.66. The second-order valence-electron chi connectivity index (χ2n) is 6.43. The number of hydrogen-bond donors (Lipinski definition) is 1. The Kier molecular flexibility index (Phi) is 5.16. The molecule has 128 valence electrons. The largest absolute Gasteiger partial charge is 0.464 e. The van der Waals surface area contributed by atoms with Gasteiger partial charge in [-0.1, -0.05) is 6.07 Å². The number of furan rings is 1. The van der Waals surface area contributed by atoms with Crippen LogP contribution in [0.5, 0.6) is 0 Å². The minimum atomic E-state index is 0.00334. The van der Waals surface area contributed by atoms with E-state index in [1.807, 2.05) is 43.5 Å². The lowest BCUT2D eigenvalue weighted by Crippen LogP contribution is -2.32. The first-order valence-electron chi connectivity index (χ1n) is 8.25. The van der Waals surface area contributed by atoms with E-state index in [2.05, 4.69) is 34.2 Å². The minimum absolute atomic E-state index is 0.00334. The van der Waals surface area contributed by atoms with Crippen LogP contribution in [0.15, 0.2) is 40.9 Å². The average Bonchev–Trinajstić information content (AvgIpc) is 3.12. The van der Waals surface area contributed by atoms with Crippen molar-refractivity contribution >= 4 is 17.3 Å². The number of nitrogens with one attached hydrogen (secondary N) is 1. The molecule has 3 heterocycles. The summed E-state index contributed by atoms with van der Waals surface area (Å²) in [7, 11) is 4.18. The van der Waals surface area contributed by atoms with Crippen molar-refractivity contribution in [2.75, 3.05) is 27.2 Å². The summed E-state index contributed by atoms with van der Waals surface area (Å²) in [6.07, 6.45) is 2.86. The summed E-state index contributed by atoms with van der Waals surface area (Å²) in [5.74, 6) is 1.84. The van der Waals surface area contributed by atoms with Gasteiger partial charge in [0.25, 0.3) is 0 Å². The van der Waals surface area contributed by atoms with Crippen LogP contribution < -0.4 is 5.32 Å². The van der Waals surface area contributed by atoms with Gasteiger partial charge in [-0.25, -0.2) is 0 Å². The third-order valence-corrected chi connectivity index (χ3v) is 4.61. The molecule has 1 saturated heterocycles. The van der Waals surface area contributed by atoms with Gasteiger partial charge in [0.15, 0.2) is 5.11 Å². The number of hydrogen-bond acceptors (Lipinski definition) is 4. The molecule has 0 unspecified atom stereocenters. The molecule has 24 heavy (non-hydrogen) atoms. The molecule has 1 aliphatic heterocycles. The van der Waals surface area contributed by atoms with Crippen LogP contribution in [0.1, 0.15) is 35.7 Å². The van der Waals surface area contributed by atoms with Crippen LogP contribution in [-0.2, 0) is 0 Å². The van der Waals surface area contributed by atoms with E-state index in [9.17, 15) is 0 Å². The molecular weight excluding hydrogens is 320 g/mol. The van der Waals surface area contributed by atoms with Crippen molar-refractivity contribution in [1.29, 1.82) is 0 Å². The Hall–Kier alpha value is -1.92. The Balaban J connectivity index is 1.88.